The quantitative estimate of drug-likeness (QED) is 0.640. The van der Waals surface area contributed by atoms with Crippen molar-refractivity contribution in [1.82, 2.24) is 0 Å². The van der Waals surface area contributed by atoms with Crippen molar-refractivity contribution in [2.24, 2.45) is 0 Å². The van der Waals surface area contributed by atoms with Crippen molar-refractivity contribution < 1.29 is 9.53 Å². The molecule has 0 bridgehead atoms. The molecule has 1 atom stereocenters. The van der Waals surface area contributed by atoms with Gasteiger partial charge < -0.3 is 4.74 Å². The monoisotopic (exact) mass is 192 g/mol. The minimum atomic E-state index is 0.0867. The standard InChI is InChI=1S/C12H16O2/c1-2-3-4-5-10-14-12-8-6-11(13)7-9-12/h6,8,12H,2-3,7,9-10H2,1H3. The van der Waals surface area contributed by atoms with Crippen LogP contribution < -0.4 is 0 Å². The lowest BCUT2D eigenvalue weighted by atomic mass is 10.0. The maximum atomic E-state index is 10.9. The summed E-state index contributed by atoms with van der Waals surface area (Å²) in [5.41, 5.74) is 0. The summed E-state index contributed by atoms with van der Waals surface area (Å²) in [6, 6.07) is 0. The number of hydrogen-bond acceptors (Lipinski definition) is 2. The molecule has 2 heteroatoms. The summed E-state index contributed by atoms with van der Waals surface area (Å²) in [5.74, 6) is 6.17. The summed E-state index contributed by atoms with van der Waals surface area (Å²) in [4.78, 5) is 10.9. The first kappa shape index (κ1) is 11.0. The van der Waals surface area contributed by atoms with Crippen LogP contribution in [-0.2, 0) is 9.53 Å². The molecule has 0 spiro atoms. The van der Waals surface area contributed by atoms with Crippen LogP contribution >= 0.6 is 0 Å². The fraction of sp³-hybridized carbons (Fsp3) is 0.583. The predicted octanol–water partition coefficient (Wildman–Crippen LogP) is 2.09. The van der Waals surface area contributed by atoms with E-state index in [0.717, 1.165) is 19.3 Å². The van der Waals surface area contributed by atoms with E-state index in [-0.39, 0.29) is 11.9 Å². The highest BCUT2D eigenvalue weighted by molar-refractivity contribution is 5.90. The van der Waals surface area contributed by atoms with E-state index in [9.17, 15) is 4.79 Å². The minimum Gasteiger partial charge on any atom is -0.361 e. The molecule has 0 aliphatic heterocycles. The largest absolute Gasteiger partial charge is 0.361 e. The highest BCUT2D eigenvalue weighted by Crippen LogP contribution is 2.10. The van der Waals surface area contributed by atoms with Crippen molar-refractivity contribution in [3.05, 3.63) is 12.2 Å². The van der Waals surface area contributed by atoms with Crippen LogP contribution in [0.25, 0.3) is 0 Å². The molecule has 0 aromatic carbocycles. The Morgan fingerprint density at radius 1 is 1.57 bits per heavy atom. The smallest absolute Gasteiger partial charge is 0.155 e. The van der Waals surface area contributed by atoms with E-state index in [4.69, 9.17) is 4.74 Å². The van der Waals surface area contributed by atoms with Crippen molar-refractivity contribution >= 4 is 5.78 Å². The Kier molecular flexibility index (Phi) is 5.03. The Bertz CT molecular complexity index is 268. The lowest BCUT2D eigenvalue weighted by Gasteiger charge is -2.14. The molecular weight excluding hydrogens is 176 g/mol. The number of unbranched alkanes of at least 4 members (excludes halogenated alkanes) is 1. The van der Waals surface area contributed by atoms with Crippen LogP contribution in [0.2, 0.25) is 0 Å². The number of ketones is 1. The van der Waals surface area contributed by atoms with Gasteiger partial charge >= 0.3 is 0 Å². The third kappa shape index (κ3) is 4.25. The third-order valence-corrected chi connectivity index (χ3v) is 2.04. The Morgan fingerprint density at radius 3 is 3.07 bits per heavy atom. The van der Waals surface area contributed by atoms with Crippen LogP contribution in [0.4, 0.5) is 0 Å². The van der Waals surface area contributed by atoms with Crippen LogP contribution in [0, 0.1) is 11.8 Å². The zero-order valence-corrected chi connectivity index (χ0v) is 8.58. The second kappa shape index (κ2) is 6.39. The Morgan fingerprint density at radius 2 is 2.43 bits per heavy atom. The molecule has 2 nitrogen and oxygen atoms in total. The van der Waals surface area contributed by atoms with Crippen LogP contribution in [-0.4, -0.2) is 18.5 Å². The van der Waals surface area contributed by atoms with Gasteiger partial charge in [-0.1, -0.05) is 18.9 Å². The molecule has 0 fully saturated rings. The van der Waals surface area contributed by atoms with E-state index >= 15 is 0 Å². The first-order valence-corrected chi connectivity index (χ1v) is 5.11. The molecule has 76 valence electrons. The van der Waals surface area contributed by atoms with Crippen LogP contribution in [0.3, 0.4) is 0 Å². The number of carbonyl (C=O) groups excluding carboxylic acids is 1. The number of hydrogen-bond donors (Lipinski definition) is 0. The van der Waals surface area contributed by atoms with Gasteiger partial charge in [-0.15, -0.1) is 5.92 Å². The second-order valence-electron chi connectivity index (χ2n) is 3.32. The average Bonchev–Trinajstić information content (AvgIpc) is 2.21. The summed E-state index contributed by atoms with van der Waals surface area (Å²) in [6.45, 7) is 2.58. The normalized spacial score (nSPS) is 20.4. The lowest BCUT2D eigenvalue weighted by Crippen LogP contribution is -2.16. The topological polar surface area (TPSA) is 26.3 Å². The fourth-order valence-electron chi connectivity index (χ4n) is 1.23. The van der Waals surface area contributed by atoms with Gasteiger partial charge in [0.25, 0.3) is 0 Å². The average molecular weight is 192 g/mol. The van der Waals surface area contributed by atoms with Gasteiger partial charge in [0.15, 0.2) is 5.78 Å². The van der Waals surface area contributed by atoms with E-state index in [0.29, 0.717) is 13.0 Å². The van der Waals surface area contributed by atoms with Gasteiger partial charge in [-0.2, -0.15) is 0 Å². The molecule has 14 heavy (non-hydrogen) atoms. The van der Waals surface area contributed by atoms with E-state index in [1.165, 1.54) is 0 Å². The summed E-state index contributed by atoms with van der Waals surface area (Å²) < 4.78 is 5.47. The van der Waals surface area contributed by atoms with E-state index < -0.39 is 0 Å². The van der Waals surface area contributed by atoms with Crippen molar-refractivity contribution in [1.29, 1.82) is 0 Å². The summed E-state index contributed by atoms with van der Waals surface area (Å²) in [7, 11) is 0. The summed E-state index contributed by atoms with van der Waals surface area (Å²) in [6.07, 6.45) is 6.94. The van der Waals surface area contributed by atoms with Gasteiger partial charge in [-0.05, 0) is 18.9 Å². The number of allylic oxidation sites excluding steroid dienone is 1. The highest BCUT2D eigenvalue weighted by Gasteiger charge is 2.12. The Labute approximate surface area is 85.3 Å². The zero-order valence-electron chi connectivity index (χ0n) is 8.58. The number of ether oxygens (including phenoxy) is 1. The molecule has 0 amide bonds. The van der Waals surface area contributed by atoms with Crippen molar-refractivity contribution in [3.8, 4) is 11.8 Å². The molecular formula is C12H16O2. The van der Waals surface area contributed by atoms with Gasteiger partial charge in [0, 0.05) is 12.8 Å². The number of carbonyl (C=O) groups is 1. The maximum absolute atomic E-state index is 10.9. The van der Waals surface area contributed by atoms with Crippen LogP contribution in [0.15, 0.2) is 12.2 Å². The SMILES string of the molecule is CCCC#CCOC1C=CC(=O)CC1. The molecule has 0 heterocycles. The summed E-state index contributed by atoms with van der Waals surface area (Å²) in [5, 5.41) is 0. The molecule has 0 N–H and O–H groups in total. The van der Waals surface area contributed by atoms with Gasteiger partial charge in [-0.25, -0.2) is 0 Å². The number of rotatable bonds is 3. The fourth-order valence-corrected chi connectivity index (χ4v) is 1.23. The second-order valence-corrected chi connectivity index (χ2v) is 3.32. The van der Waals surface area contributed by atoms with Crippen LogP contribution in [0.1, 0.15) is 32.6 Å². The van der Waals surface area contributed by atoms with Gasteiger partial charge in [-0.3, -0.25) is 4.79 Å². The molecule has 1 rings (SSSR count). The molecule has 0 radical (unpaired) electrons. The first-order chi connectivity index (χ1) is 6.83. The van der Waals surface area contributed by atoms with Gasteiger partial charge in [0.2, 0.25) is 0 Å². The molecule has 0 aromatic heterocycles. The first-order valence-electron chi connectivity index (χ1n) is 5.11. The van der Waals surface area contributed by atoms with E-state index in [1.54, 1.807) is 6.08 Å². The third-order valence-electron chi connectivity index (χ3n) is 2.04. The summed E-state index contributed by atoms with van der Waals surface area (Å²) >= 11 is 0. The molecule has 1 aliphatic rings. The molecule has 1 unspecified atom stereocenters. The maximum Gasteiger partial charge on any atom is 0.155 e. The van der Waals surface area contributed by atoms with Crippen molar-refractivity contribution in [3.63, 3.8) is 0 Å². The molecule has 0 saturated heterocycles. The Hall–Kier alpha value is -1.07. The van der Waals surface area contributed by atoms with E-state index in [2.05, 4.69) is 18.8 Å². The molecule has 0 saturated carbocycles. The van der Waals surface area contributed by atoms with Crippen molar-refractivity contribution in [2.75, 3.05) is 6.61 Å². The zero-order chi connectivity index (χ0) is 10.2. The predicted molar refractivity (Wildman–Crippen MR) is 55.8 cm³/mol. The Balaban J connectivity index is 2.17. The molecule has 1 aliphatic carbocycles. The van der Waals surface area contributed by atoms with Gasteiger partial charge in [0.05, 0.1) is 6.10 Å². The lowest BCUT2D eigenvalue weighted by molar-refractivity contribution is -0.115. The van der Waals surface area contributed by atoms with Crippen LogP contribution in [0.5, 0.6) is 0 Å². The van der Waals surface area contributed by atoms with E-state index in [1.807, 2.05) is 6.08 Å². The minimum absolute atomic E-state index is 0.0867. The van der Waals surface area contributed by atoms with Gasteiger partial charge in [0.1, 0.15) is 6.61 Å². The van der Waals surface area contributed by atoms with Crippen molar-refractivity contribution in [2.45, 2.75) is 38.7 Å². The highest BCUT2D eigenvalue weighted by atomic mass is 16.5. The molecule has 0 aromatic rings.